The van der Waals surface area contributed by atoms with Crippen molar-refractivity contribution in [3.05, 3.63) is 53.6 Å². The lowest BCUT2D eigenvalue weighted by molar-refractivity contribution is -0.125. The van der Waals surface area contributed by atoms with E-state index >= 15 is 0 Å². The van der Waals surface area contributed by atoms with Gasteiger partial charge >= 0.3 is 0 Å². The van der Waals surface area contributed by atoms with Crippen LogP contribution in [0.3, 0.4) is 0 Å². The zero-order chi connectivity index (χ0) is 24.9. The van der Waals surface area contributed by atoms with Crippen molar-refractivity contribution in [3.8, 4) is 5.75 Å². The lowest BCUT2D eigenvalue weighted by Gasteiger charge is -2.45. The van der Waals surface area contributed by atoms with Crippen LogP contribution >= 0.6 is 0 Å². The van der Waals surface area contributed by atoms with Gasteiger partial charge < -0.3 is 19.9 Å². The molecule has 2 aromatic rings. The number of benzene rings is 2. The van der Waals surface area contributed by atoms with Crippen molar-refractivity contribution < 1.29 is 19.1 Å². The smallest absolute Gasteiger partial charge is 0.253 e. The molecule has 1 saturated heterocycles. The molecular formula is C27H34N4O4. The topological polar surface area (TPSA) is 82.2 Å². The van der Waals surface area contributed by atoms with Crippen molar-refractivity contribution in [2.75, 3.05) is 43.1 Å². The third kappa shape index (κ3) is 4.97. The molecule has 1 N–H and O–H groups in total. The monoisotopic (exact) mass is 478 g/mol. The first kappa shape index (κ1) is 24.6. The number of hydrogen-bond acceptors (Lipinski definition) is 5. The second kappa shape index (κ2) is 10.8. The number of ether oxygens (including phenoxy) is 1. The standard InChI is InChI=1S/C27H34N4O4/c1-4-29(5-2)26(33)19-13-14-21-23(16-19)31(27(34)22-11-8-9-15-30(21)22)18-25(32)28-17-20-10-6-7-12-24(20)35-3/h6-7,10,12-14,16,22H,4-5,8-9,11,15,17-18H2,1-3H3,(H,28,32)/t22-/m0/s1. The maximum Gasteiger partial charge on any atom is 0.253 e. The van der Waals surface area contributed by atoms with Crippen LogP contribution in [-0.2, 0) is 16.1 Å². The summed E-state index contributed by atoms with van der Waals surface area (Å²) in [6, 6.07) is 12.8. The van der Waals surface area contributed by atoms with Crippen LogP contribution in [0.2, 0.25) is 0 Å². The van der Waals surface area contributed by atoms with Gasteiger partial charge in [0.05, 0.1) is 18.5 Å². The Balaban J connectivity index is 1.60. The molecule has 8 nitrogen and oxygen atoms in total. The van der Waals surface area contributed by atoms with E-state index in [2.05, 4.69) is 10.2 Å². The molecule has 35 heavy (non-hydrogen) atoms. The van der Waals surface area contributed by atoms with E-state index in [1.807, 2.05) is 50.2 Å². The molecule has 0 aromatic heterocycles. The molecular weight excluding hydrogens is 444 g/mol. The third-order valence-corrected chi connectivity index (χ3v) is 6.90. The minimum absolute atomic E-state index is 0.0772. The molecule has 0 bridgehead atoms. The van der Waals surface area contributed by atoms with Crippen LogP contribution in [-0.4, -0.2) is 62.0 Å². The van der Waals surface area contributed by atoms with Crippen LogP contribution in [0, 0.1) is 0 Å². The number of hydrogen-bond donors (Lipinski definition) is 1. The molecule has 0 aliphatic carbocycles. The van der Waals surface area contributed by atoms with Gasteiger partial charge in [0.2, 0.25) is 11.8 Å². The molecule has 1 fully saturated rings. The van der Waals surface area contributed by atoms with Crippen LogP contribution in [0.15, 0.2) is 42.5 Å². The first-order valence-electron chi connectivity index (χ1n) is 12.4. The summed E-state index contributed by atoms with van der Waals surface area (Å²) in [5, 5.41) is 2.92. The molecule has 0 spiro atoms. The molecule has 0 radical (unpaired) electrons. The largest absolute Gasteiger partial charge is 0.496 e. The number of nitrogens with one attached hydrogen (secondary N) is 1. The van der Waals surface area contributed by atoms with Crippen molar-refractivity contribution >= 4 is 29.1 Å². The summed E-state index contributed by atoms with van der Waals surface area (Å²) in [4.78, 5) is 45.0. The van der Waals surface area contributed by atoms with Gasteiger partial charge in [-0.3, -0.25) is 19.3 Å². The number of carbonyl (C=O) groups excluding carboxylic acids is 3. The number of methoxy groups -OCH3 is 1. The molecule has 3 amide bonds. The third-order valence-electron chi connectivity index (χ3n) is 6.90. The quantitative estimate of drug-likeness (QED) is 0.630. The highest BCUT2D eigenvalue weighted by Crippen LogP contribution is 2.40. The number of amides is 3. The van der Waals surface area contributed by atoms with Gasteiger partial charge in [-0.2, -0.15) is 0 Å². The summed E-state index contributed by atoms with van der Waals surface area (Å²) >= 11 is 0. The number of piperidine rings is 1. The minimum Gasteiger partial charge on any atom is -0.496 e. The van der Waals surface area contributed by atoms with Gasteiger partial charge in [0.15, 0.2) is 0 Å². The Morgan fingerprint density at radius 3 is 2.60 bits per heavy atom. The van der Waals surface area contributed by atoms with Crippen LogP contribution in [0.25, 0.3) is 0 Å². The lowest BCUT2D eigenvalue weighted by atomic mass is 9.95. The van der Waals surface area contributed by atoms with Crippen LogP contribution in [0.1, 0.15) is 49.0 Å². The summed E-state index contributed by atoms with van der Waals surface area (Å²) in [6.07, 6.45) is 2.76. The second-order valence-corrected chi connectivity index (χ2v) is 8.90. The van der Waals surface area contributed by atoms with Gasteiger partial charge in [0.1, 0.15) is 18.3 Å². The summed E-state index contributed by atoms with van der Waals surface area (Å²) < 4.78 is 5.37. The molecule has 1 atom stereocenters. The second-order valence-electron chi connectivity index (χ2n) is 8.90. The highest BCUT2D eigenvalue weighted by atomic mass is 16.5. The predicted molar refractivity (Wildman–Crippen MR) is 136 cm³/mol. The molecule has 0 unspecified atom stereocenters. The van der Waals surface area contributed by atoms with Gasteiger partial charge in [-0.15, -0.1) is 0 Å². The Hall–Kier alpha value is -3.55. The summed E-state index contributed by atoms with van der Waals surface area (Å²) in [5.74, 6) is 0.271. The molecule has 2 aliphatic rings. The van der Waals surface area contributed by atoms with Crippen molar-refractivity contribution in [1.82, 2.24) is 10.2 Å². The number of anilines is 2. The van der Waals surface area contributed by atoms with Crippen LogP contribution < -0.4 is 19.9 Å². The van der Waals surface area contributed by atoms with Gasteiger partial charge in [0.25, 0.3) is 5.91 Å². The number of rotatable bonds is 8. The molecule has 186 valence electrons. The van der Waals surface area contributed by atoms with Crippen molar-refractivity contribution in [3.63, 3.8) is 0 Å². The number of carbonyl (C=O) groups is 3. The molecule has 2 aromatic carbocycles. The fourth-order valence-corrected chi connectivity index (χ4v) is 4.99. The number of nitrogens with zero attached hydrogens (tertiary/aromatic N) is 3. The maximum atomic E-state index is 13.5. The first-order valence-corrected chi connectivity index (χ1v) is 12.4. The average Bonchev–Trinajstić information content (AvgIpc) is 2.90. The van der Waals surface area contributed by atoms with Crippen molar-refractivity contribution in [2.45, 2.75) is 45.7 Å². The normalized spacial score (nSPS) is 16.9. The summed E-state index contributed by atoms with van der Waals surface area (Å²) in [5.41, 5.74) is 2.91. The van der Waals surface area contributed by atoms with E-state index in [0.29, 0.717) is 36.6 Å². The number of para-hydroxylation sites is 1. The summed E-state index contributed by atoms with van der Waals surface area (Å²) in [7, 11) is 1.59. The van der Waals surface area contributed by atoms with Crippen LogP contribution in [0.4, 0.5) is 11.4 Å². The highest BCUT2D eigenvalue weighted by molar-refractivity contribution is 6.09. The van der Waals surface area contributed by atoms with E-state index in [1.165, 1.54) is 0 Å². The molecule has 2 aliphatic heterocycles. The van der Waals surface area contributed by atoms with E-state index in [0.717, 1.165) is 37.1 Å². The fraction of sp³-hybridized carbons (Fsp3) is 0.444. The lowest BCUT2D eigenvalue weighted by Crippen LogP contribution is -2.57. The minimum atomic E-state index is -0.275. The molecule has 4 rings (SSSR count). The zero-order valence-electron chi connectivity index (χ0n) is 20.8. The Morgan fingerprint density at radius 1 is 1.09 bits per heavy atom. The highest BCUT2D eigenvalue weighted by Gasteiger charge is 2.40. The Bertz CT molecular complexity index is 1100. The van der Waals surface area contributed by atoms with E-state index < -0.39 is 0 Å². The Kier molecular flexibility index (Phi) is 7.58. The van der Waals surface area contributed by atoms with E-state index in [1.54, 1.807) is 23.0 Å². The van der Waals surface area contributed by atoms with E-state index in [4.69, 9.17) is 4.74 Å². The van der Waals surface area contributed by atoms with E-state index in [-0.39, 0.29) is 30.3 Å². The number of fused-ring (bicyclic) bond motifs is 3. The van der Waals surface area contributed by atoms with Gasteiger partial charge in [-0.25, -0.2) is 0 Å². The zero-order valence-corrected chi connectivity index (χ0v) is 20.8. The van der Waals surface area contributed by atoms with E-state index in [9.17, 15) is 14.4 Å². The van der Waals surface area contributed by atoms with Crippen molar-refractivity contribution in [2.24, 2.45) is 0 Å². The molecule has 8 heteroatoms. The molecule has 0 saturated carbocycles. The Labute approximate surface area is 206 Å². The average molecular weight is 479 g/mol. The fourth-order valence-electron chi connectivity index (χ4n) is 4.99. The summed E-state index contributed by atoms with van der Waals surface area (Å²) in [6.45, 7) is 6.09. The van der Waals surface area contributed by atoms with Crippen LogP contribution in [0.5, 0.6) is 5.75 Å². The predicted octanol–water partition coefficient (Wildman–Crippen LogP) is 3.20. The first-order chi connectivity index (χ1) is 17.0. The molecule has 2 heterocycles. The van der Waals surface area contributed by atoms with Gasteiger partial charge in [-0.05, 0) is 57.4 Å². The SMILES string of the molecule is CCN(CC)C(=O)c1ccc2c(c1)N(CC(=O)NCc1ccccc1OC)C(=O)[C@@H]1CCCCN21. The van der Waals surface area contributed by atoms with Gasteiger partial charge in [-0.1, -0.05) is 18.2 Å². The maximum absolute atomic E-state index is 13.5. The van der Waals surface area contributed by atoms with Gasteiger partial charge in [0, 0.05) is 37.3 Å². The Morgan fingerprint density at radius 2 is 1.86 bits per heavy atom. The van der Waals surface area contributed by atoms with Crippen molar-refractivity contribution in [1.29, 1.82) is 0 Å².